The quantitative estimate of drug-likeness (QED) is 0.777. The van der Waals surface area contributed by atoms with Crippen LogP contribution in [0.4, 0.5) is 17.6 Å². The molecule has 1 heterocycles. The summed E-state index contributed by atoms with van der Waals surface area (Å²) < 4.78 is 52.5. The summed E-state index contributed by atoms with van der Waals surface area (Å²) in [5, 5.41) is 1.70. The Kier molecular flexibility index (Phi) is 3.98. The van der Waals surface area contributed by atoms with Crippen molar-refractivity contribution in [3.63, 3.8) is 0 Å². The van der Waals surface area contributed by atoms with Gasteiger partial charge < -0.3 is 5.73 Å². The Labute approximate surface area is 119 Å². The zero-order valence-electron chi connectivity index (χ0n) is 9.34. The van der Waals surface area contributed by atoms with Crippen molar-refractivity contribution >= 4 is 27.3 Å². The molecule has 0 radical (unpaired) electrons. The van der Waals surface area contributed by atoms with E-state index in [-0.39, 0.29) is 5.56 Å². The third-order valence-corrected chi connectivity index (χ3v) is 4.54. The van der Waals surface area contributed by atoms with Crippen molar-refractivity contribution in [3.05, 3.63) is 55.9 Å². The molecule has 0 fully saturated rings. The van der Waals surface area contributed by atoms with E-state index in [1.54, 1.807) is 11.4 Å². The van der Waals surface area contributed by atoms with E-state index < -0.39 is 23.6 Å². The standard InChI is InChI=1S/C12H8BrF4NS/c13-9-3-4-19-11(9)10(18)7-5-6(14)1-2-8(7)12(15,16)17/h1-5,10H,18H2. The maximum atomic E-state index is 13.2. The number of thiophene rings is 1. The summed E-state index contributed by atoms with van der Waals surface area (Å²) in [4.78, 5) is 0.524. The van der Waals surface area contributed by atoms with Crippen molar-refractivity contribution in [1.82, 2.24) is 0 Å². The molecule has 1 nitrogen and oxygen atoms in total. The van der Waals surface area contributed by atoms with Crippen LogP contribution in [0.15, 0.2) is 34.1 Å². The van der Waals surface area contributed by atoms with Crippen molar-refractivity contribution in [2.24, 2.45) is 5.73 Å². The van der Waals surface area contributed by atoms with Crippen LogP contribution in [0.1, 0.15) is 22.0 Å². The Morgan fingerprint density at radius 1 is 1.21 bits per heavy atom. The van der Waals surface area contributed by atoms with E-state index in [1.807, 2.05) is 0 Å². The fraction of sp³-hybridized carbons (Fsp3) is 0.167. The number of nitrogens with two attached hydrogens (primary N) is 1. The van der Waals surface area contributed by atoms with Crippen LogP contribution in [0.2, 0.25) is 0 Å². The molecule has 0 saturated carbocycles. The van der Waals surface area contributed by atoms with Crippen LogP contribution in [-0.2, 0) is 6.18 Å². The van der Waals surface area contributed by atoms with Gasteiger partial charge >= 0.3 is 6.18 Å². The van der Waals surface area contributed by atoms with Crippen LogP contribution in [0.5, 0.6) is 0 Å². The normalized spacial score (nSPS) is 13.6. The van der Waals surface area contributed by atoms with Gasteiger partial charge in [0.2, 0.25) is 0 Å². The van der Waals surface area contributed by atoms with Gasteiger partial charge in [0.15, 0.2) is 0 Å². The van der Waals surface area contributed by atoms with Gasteiger partial charge in [0, 0.05) is 9.35 Å². The van der Waals surface area contributed by atoms with E-state index in [0.29, 0.717) is 15.4 Å². The fourth-order valence-electron chi connectivity index (χ4n) is 1.72. The first-order chi connectivity index (χ1) is 8.80. The molecule has 2 N–H and O–H groups in total. The second-order valence-corrected chi connectivity index (χ2v) is 5.64. The van der Waals surface area contributed by atoms with Crippen molar-refractivity contribution in [1.29, 1.82) is 0 Å². The van der Waals surface area contributed by atoms with Gasteiger partial charge in [-0.1, -0.05) is 0 Å². The van der Waals surface area contributed by atoms with Crippen LogP contribution < -0.4 is 5.73 Å². The largest absolute Gasteiger partial charge is 0.416 e. The van der Waals surface area contributed by atoms with Crippen molar-refractivity contribution < 1.29 is 17.6 Å². The predicted octanol–water partition coefficient (Wildman–Crippen LogP) is 4.72. The summed E-state index contributed by atoms with van der Waals surface area (Å²) in [6.07, 6.45) is -4.57. The van der Waals surface area contributed by atoms with Gasteiger partial charge in [0.1, 0.15) is 5.82 Å². The van der Waals surface area contributed by atoms with Gasteiger partial charge in [-0.05, 0) is 51.1 Å². The number of hydrogen-bond donors (Lipinski definition) is 1. The summed E-state index contributed by atoms with van der Waals surface area (Å²) in [6, 6.07) is 2.99. The van der Waals surface area contributed by atoms with Crippen molar-refractivity contribution in [2.45, 2.75) is 12.2 Å². The number of benzene rings is 1. The number of hydrogen-bond acceptors (Lipinski definition) is 2. The Bertz CT molecular complexity index is 594. The monoisotopic (exact) mass is 353 g/mol. The molecule has 2 aromatic rings. The lowest BCUT2D eigenvalue weighted by Gasteiger charge is -2.18. The van der Waals surface area contributed by atoms with E-state index in [9.17, 15) is 17.6 Å². The molecule has 0 aliphatic rings. The summed E-state index contributed by atoms with van der Waals surface area (Å²) in [5.74, 6) is -0.744. The Morgan fingerprint density at radius 3 is 2.42 bits per heavy atom. The van der Waals surface area contributed by atoms with Crippen molar-refractivity contribution in [2.75, 3.05) is 0 Å². The highest BCUT2D eigenvalue weighted by Gasteiger charge is 2.35. The van der Waals surface area contributed by atoms with Crippen molar-refractivity contribution in [3.8, 4) is 0 Å². The van der Waals surface area contributed by atoms with E-state index >= 15 is 0 Å². The minimum atomic E-state index is -4.57. The molecule has 2 rings (SSSR count). The zero-order valence-corrected chi connectivity index (χ0v) is 11.7. The Morgan fingerprint density at radius 2 is 1.89 bits per heavy atom. The van der Waals surface area contributed by atoms with E-state index in [0.717, 1.165) is 12.1 Å². The smallest absolute Gasteiger partial charge is 0.320 e. The third-order valence-electron chi connectivity index (χ3n) is 2.58. The first kappa shape index (κ1) is 14.5. The Hall–Kier alpha value is -0.920. The second kappa shape index (κ2) is 5.22. The summed E-state index contributed by atoms with van der Waals surface area (Å²) in [7, 11) is 0. The van der Waals surface area contributed by atoms with Gasteiger partial charge in [-0.2, -0.15) is 13.2 Å². The van der Waals surface area contributed by atoms with Gasteiger partial charge in [-0.15, -0.1) is 11.3 Å². The molecule has 0 saturated heterocycles. The average Bonchev–Trinajstić information content (AvgIpc) is 2.72. The van der Waals surface area contributed by atoms with Crippen LogP contribution in [0, 0.1) is 5.82 Å². The van der Waals surface area contributed by atoms with Crippen LogP contribution in [0.25, 0.3) is 0 Å². The highest BCUT2D eigenvalue weighted by molar-refractivity contribution is 9.10. The molecular formula is C12H8BrF4NS. The number of alkyl halides is 3. The maximum absolute atomic E-state index is 13.2. The summed E-state index contributed by atoms with van der Waals surface area (Å²) >= 11 is 4.43. The lowest BCUT2D eigenvalue weighted by molar-refractivity contribution is -0.138. The molecule has 0 aliphatic carbocycles. The third kappa shape index (κ3) is 2.98. The van der Waals surface area contributed by atoms with Crippen LogP contribution in [0.3, 0.4) is 0 Å². The second-order valence-electron chi connectivity index (χ2n) is 3.84. The molecule has 1 atom stereocenters. The van der Waals surface area contributed by atoms with Crippen LogP contribution in [-0.4, -0.2) is 0 Å². The Balaban J connectivity index is 2.55. The molecule has 102 valence electrons. The molecule has 0 spiro atoms. The van der Waals surface area contributed by atoms with Gasteiger partial charge in [0.05, 0.1) is 11.6 Å². The van der Waals surface area contributed by atoms with E-state index in [4.69, 9.17) is 5.73 Å². The molecule has 7 heteroatoms. The maximum Gasteiger partial charge on any atom is 0.416 e. The molecular weight excluding hydrogens is 346 g/mol. The topological polar surface area (TPSA) is 26.0 Å². The predicted molar refractivity (Wildman–Crippen MR) is 69.5 cm³/mol. The molecule has 0 aliphatic heterocycles. The zero-order chi connectivity index (χ0) is 14.2. The minimum absolute atomic E-state index is 0.268. The lowest BCUT2D eigenvalue weighted by atomic mass is 9.99. The van der Waals surface area contributed by atoms with E-state index in [1.165, 1.54) is 11.3 Å². The minimum Gasteiger partial charge on any atom is -0.320 e. The van der Waals surface area contributed by atoms with Gasteiger partial charge in [-0.25, -0.2) is 4.39 Å². The first-order valence-electron chi connectivity index (χ1n) is 5.16. The van der Waals surface area contributed by atoms with Gasteiger partial charge in [0.25, 0.3) is 0 Å². The van der Waals surface area contributed by atoms with E-state index in [2.05, 4.69) is 15.9 Å². The van der Waals surface area contributed by atoms with Crippen LogP contribution >= 0.6 is 27.3 Å². The molecule has 1 aromatic heterocycles. The molecule has 19 heavy (non-hydrogen) atoms. The highest BCUT2D eigenvalue weighted by atomic mass is 79.9. The highest BCUT2D eigenvalue weighted by Crippen LogP contribution is 2.39. The molecule has 0 bridgehead atoms. The summed E-state index contributed by atoms with van der Waals surface area (Å²) in [6.45, 7) is 0. The number of halogens is 5. The molecule has 1 unspecified atom stereocenters. The SMILES string of the molecule is NC(c1cc(F)ccc1C(F)(F)F)c1sccc1Br. The fourth-order valence-corrected chi connectivity index (χ4v) is 3.36. The average molecular weight is 354 g/mol. The molecule has 1 aromatic carbocycles. The lowest BCUT2D eigenvalue weighted by Crippen LogP contribution is -2.18. The van der Waals surface area contributed by atoms with Gasteiger partial charge in [-0.3, -0.25) is 0 Å². The summed E-state index contributed by atoms with van der Waals surface area (Å²) in [5.41, 5.74) is 4.66. The molecule has 0 amide bonds. The first-order valence-corrected chi connectivity index (χ1v) is 6.83. The number of rotatable bonds is 2.